The van der Waals surface area contributed by atoms with Crippen LogP contribution in [0.5, 0.6) is 0 Å². The van der Waals surface area contributed by atoms with Crippen molar-refractivity contribution < 1.29 is 4.79 Å². The molecule has 0 bridgehead atoms. The summed E-state index contributed by atoms with van der Waals surface area (Å²) in [6, 6.07) is 13.9. The Morgan fingerprint density at radius 2 is 1.76 bits per heavy atom. The van der Waals surface area contributed by atoms with E-state index < -0.39 is 0 Å². The number of carbonyl (C=O) groups is 1. The van der Waals surface area contributed by atoms with Crippen LogP contribution in [0.3, 0.4) is 0 Å². The normalized spacial score (nSPS) is 11.4. The predicted octanol–water partition coefficient (Wildman–Crippen LogP) is 4.99. The SMILES string of the molecule is CCCN(CCC)C(=O)CC/C(=N/Nc1ccccc1)c1cccs1. The first-order valence-electron chi connectivity index (χ1n) is 8.93. The van der Waals surface area contributed by atoms with Crippen LogP contribution in [0.4, 0.5) is 5.69 Å². The largest absolute Gasteiger partial charge is 0.343 e. The average molecular weight is 358 g/mol. The van der Waals surface area contributed by atoms with E-state index in [0.29, 0.717) is 12.8 Å². The monoisotopic (exact) mass is 357 g/mol. The summed E-state index contributed by atoms with van der Waals surface area (Å²) in [6.07, 6.45) is 3.12. The molecule has 0 fully saturated rings. The Morgan fingerprint density at radius 3 is 2.36 bits per heavy atom. The molecule has 0 unspecified atom stereocenters. The van der Waals surface area contributed by atoms with Crippen molar-refractivity contribution in [2.24, 2.45) is 5.10 Å². The van der Waals surface area contributed by atoms with Crippen molar-refractivity contribution in [2.75, 3.05) is 18.5 Å². The van der Waals surface area contributed by atoms with Crippen LogP contribution in [-0.4, -0.2) is 29.6 Å². The Balaban J connectivity index is 2.03. The van der Waals surface area contributed by atoms with Crippen molar-refractivity contribution in [2.45, 2.75) is 39.5 Å². The third-order valence-corrected chi connectivity index (χ3v) is 4.73. The molecular weight excluding hydrogens is 330 g/mol. The molecule has 0 aliphatic rings. The summed E-state index contributed by atoms with van der Waals surface area (Å²) in [5.74, 6) is 0.215. The van der Waals surface area contributed by atoms with E-state index in [1.165, 1.54) is 0 Å². The van der Waals surface area contributed by atoms with Gasteiger partial charge in [0.1, 0.15) is 0 Å². The summed E-state index contributed by atoms with van der Waals surface area (Å²) >= 11 is 1.65. The molecule has 25 heavy (non-hydrogen) atoms. The zero-order valence-electron chi connectivity index (χ0n) is 15.1. The highest BCUT2D eigenvalue weighted by atomic mass is 32.1. The second-order valence-electron chi connectivity index (χ2n) is 5.89. The molecule has 0 radical (unpaired) electrons. The van der Waals surface area contributed by atoms with Gasteiger partial charge in [0.2, 0.25) is 5.91 Å². The van der Waals surface area contributed by atoms with Crippen molar-refractivity contribution >= 4 is 28.6 Å². The third kappa shape index (κ3) is 6.35. The van der Waals surface area contributed by atoms with E-state index in [0.717, 1.165) is 42.2 Å². The van der Waals surface area contributed by atoms with Gasteiger partial charge in [0.15, 0.2) is 0 Å². The van der Waals surface area contributed by atoms with Gasteiger partial charge in [-0.1, -0.05) is 38.1 Å². The molecule has 1 aromatic carbocycles. The quantitative estimate of drug-likeness (QED) is 0.481. The first-order chi connectivity index (χ1) is 12.2. The molecule has 0 spiro atoms. The summed E-state index contributed by atoms with van der Waals surface area (Å²) in [4.78, 5) is 15.6. The lowest BCUT2D eigenvalue weighted by Gasteiger charge is -2.21. The number of hydrogen-bond acceptors (Lipinski definition) is 4. The minimum atomic E-state index is 0.215. The first-order valence-corrected chi connectivity index (χ1v) is 9.81. The number of rotatable bonds is 10. The van der Waals surface area contributed by atoms with Crippen molar-refractivity contribution in [3.05, 3.63) is 52.7 Å². The summed E-state index contributed by atoms with van der Waals surface area (Å²) in [7, 11) is 0. The van der Waals surface area contributed by atoms with Gasteiger partial charge in [-0.15, -0.1) is 11.3 Å². The molecule has 0 aliphatic carbocycles. The van der Waals surface area contributed by atoms with E-state index >= 15 is 0 Å². The Bertz CT molecular complexity index is 647. The minimum Gasteiger partial charge on any atom is -0.343 e. The van der Waals surface area contributed by atoms with Gasteiger partial charge in [0, 0.05) is 25.9 Å². The van der Waals surface area contributed by atoms with Gasteiger partial charge in [-0.3, -0.25) is 10.2 Å². The number of benzene rings is 1. The molecule has 1 heterocycles. The summed E-state index contributed by atoms with van der Waals surface area (Å²) in [5.41, 5.74) is 4.98. The molecule has 1 amide bonds. The molecule has 2 rings (SSSR count). The second kappa shape index (κ2) is 10.7. The fraction of sp³-hybridized carbons (Fsp3) is 0.400. The Labute approximate surface area is 154 Å². The molecule has 134 valence electrons. The zero-order valence-corrected chi connectivity index (χ0v) is 15.9. The van der Waals surface area contributed by atoms with Crippen molar-refractivity contribution in [3.8, 4) is 0 Å². The predicted molar refractivity (Wildman–Crippen MR) is 107 cm³/mol. The lowest BCUT2D eigenvalue weighted by atomic mass is 10.1. The Morgan fingerprint density at radius 1 is 1.04 bits per heavy atom. The van der Waals surface area contributed by atoms with Crippen molar-refractivity contribution in [3.63, 3.8) is 0 Å². The van der Waals surface area contributed by atoms with E-state index in [1.807, 2.05) is 46.7 Å². The molecule has 2 aromatic rings. The standard InChI is InChI=1S/C20H27N3OS/c1-3-14-23(15-4-2)20(24)13-12-18(19-11-8-16-25-19)22-21-17-9-6-5-7-10-17/h5-11,16,21H,3-4,12-15H2,1-2H3/b22-18-. The smallest absolute Gasteiger partial charge is 0.222 e. The van der Waals surface area contributed by atoms with E-state index in [-0.39, 0.29) is 5.91 Å². The van der Waals surface area contributed by atoms with E-state index in [1.54, 1.807) is 11.3 Å². The van der Waals surface area contributed by atoms with Crippen LogP contribution in [0.25, 0.3) is 0 Å². The van der Waals surface area contributed by atoms with Crippen LogP contribution in [0.2, 0.25) is 0 Å². The summed E-state index contributed by atoms with van der Waals surface area (Å²) in [6.45, 7) is 5.89. The average Bonchev–Trinajstić information content (AvgIpc) is 3.16. The highest BCUT2D eigenvalue weighted by molar-refractivity contribution is 7.12. The second-order valence-corrected chi connectivity index (χ2v) is 6.84. The van der Waals surface area contributed by atoms with Gasteiger partial charge in [0.25, 0.3) is 0 Å². The number of nitrogens with zero attached hydrogens (tertiary/aromatic N) is 2. The molecule has 1 aromatic heterocycles. The maximum absolute atomic E-state index is 12.5. The van der Waals surface area contributed by atoms with Gasteiger partial charge in [-0.2, -0.15) is 5.10 Å². The number of anilines is 1. The van der Waals surface area contributed by atoms with Crippen LogP contribution >= 0.6 is 11.3 Å². The van der Waals surface area contributed by atoms with E-state index in [4.69, 9.17) is 0 Å². The number of nitrogens with one attached hydrogen (secondary N) is 1. The van der Waals surface area contributed by atoms with Crippen molar-refractivity contribution in [1.29, 1.82) is 0 Å². The van der Waals surface area contributed by atoms with Gasteiger partial charge in [0.05, 0.1) is 16.3 Å². The van der Waals surface area contributed by atoms with Gasteiger partial charge >= 0.3 is 0 Å². The van der Waals surface area contributed by atoms with Crippen LogP contribution in [-0.2, 0) is 4.79 Å². The molecule has 1 N–H and O–H groups in total. The number of para-hydroxylation sites is 1. The van der Waals surface area contributed by atoms with E-state index in [2.05, 4.69) is 30.4 Å². The fourth-order valence-corrected chi connectivity index (χ4v) is 3.35. The van der Waals surface area contributed by atoms with Gasteiger partial charge < -0.3 is 4.90 Å². The Hall–Kier alpha value is -2.14. The van der Waals surface area contributed by atoms with Gasteiger partial charge in [-0.25, -0.2) is 0 Å². The van der Waals surface area contributed by atoms with Crippen LogP contribution in [0.15, 0.2) is 52.9 Å². The number of amides is 1. The highest BCUT2D eigenvalue weighted by Crippen LogP contribution is 2.15. The zero-order chi connectivity index (χ0) is 17.9. The highest BCUT2D eigenvalue weighted by Gasteiger charge is 2.14. The Kier molecular flexibility index (Phi) is 8.19. The molecule has 5 heteroatoms. The number of hydrogen-bond donors (Lipinski definition) is 1. The summed E-state index contributed by atoms with van der Waals surface area (Å²) < 4.78 is 0. The maximum Gasteiger partial charge on any atom is 0.222 e. The van der Waals surface area contributed by atoms with E-state index in [9.17, 15) is 4.79 Å². The molecule has 0 aliphatic heterocycles. The lowest BCUT2D eigenvalue weighted by molar-refractivity contribution is -0.131. The fourth-order valence-electron chi connectivity index (χ4n) is 2.61. The maximum atomic E-state index is 12.5. The van der Waals surface area contributed by atoms with Gasteiger partial charge in [-0.05, 0) is 36.4 Å². The topological polar surface area (TPSA) is 44.7 Å². The van der Waals surface area contributed by atoms with Crippen LogP contribution < -0.4 is 5.43 Å². The number of thiophene rings is 1. The van der Waals surface area contributed by atoms with Crippen LogP contribution in [0, 0.1) is 0 Å². The molecule has 4 nitrogen and oxygen atoms in total. The molecular formula is C20H27N3OS. The molecule has 0 saturated carbocycles. The lowest BCUT2D eigenvalue weighted by Crippen LogP contribution is -2.32. The minimum absolute atomic E-state index is 0.215. The van der Waals surface area contributed by atoms with Crippen molar-refractivity contribution in [1.82, 2.24) is 4.90 Å². The third-order valence-electron chi connectivity index (χ3n) is 3.81. The number of hydrazone groups is 1. The molecule has 0 atom stereocenters. The molecule has 0 saturated heterocycles. The summed E-state index contributed by atoms with van der Waals surface area (Å²) in [5, 5.41) is 6.60. The first kappa shape index (κ1) is 19.2. The number of carbonyl (C=O) groups excluding carboxylic acids is 1. The van der Waals surface area contributed by atoms with Crippen LogP contribution in [0.1, 0.15) is 44.4 Å².